The lowest BCUT2D eigenvalue weighted by molar-refractivity contribution is 0.338. The van der Waals surface area contributed by atoms with E-state index in [2.05, 4.69) is 42.5 Å². The average molecular weight is 168 g/mol. The molecule has 0 N–H and O–H groups in total. The zero-order valence-corrected chi connectivity index (χ0v) is 9.78. The van der Waals surface area contributed by atoms with Gasteiger partial charge in [-0.2, -0.15) is 0 Å². The molecule has 0 aliphatic heterocycles. The standard InChI is InChI=1S/C11H25B/c1-6-7-10(4)8-11(5,12)9(2)3/h9-10H,6-8,12H2,1-5H3. The van der Waals surface area contributed by atoms with Gasteiger partial charge in [-0.25, -0.2) is 0 Å². The van der Waals surface area contributed by atoms with Crippen LogP contribution in [-0.2, 0) is 0 Å². The molecule has 0 aromatic carbocycles. The summed E-state index contributed by atoms with van der Waals surface area (Å²) >= 11 is 0. The van der Waals surface area contributed by atoms with Gasteiger partial charge >= 0.3 is 0 Å². The molecular formula is C11H25B. The fourth-order valence-corrected chi connectivity index (χ4v) is 1.73. The van der Waals surface area contributed by atoms with E-state index in [1.54, 1.807) is 0 Å². The van der Waals surface area contributed by atoms with Crippen molar-refractivity contribution in [3.05, 3.63) is 0 Å². The van der Waals surface area contributed by atoms with Crippen molar-refractivity contribution in [3.8, 4) is 0 Å². The number of hydrogen-bond donors (Lipinski definition) is 0. The highest BCUT2D eigenvalue weighted by Crippen LogP contribution is 2.38. The molecule has 0 heterocycles. The Kier molecular flexibility index (Phi) is 4.97. The molecule has 0 radical (unpaired) electrons. The Morgan fingerprint density at radius 1 is 1.25 bits per heavy atom. The van der Waals surface area contributed by atoms with E-state index in [-0.39, 0.29) is 0 Å². The lowest BCUT2D eigenvalue weighted by Gasteiger charge is -2.32. The summed E-state index contributed by atoms with van der Waals surface area (Å²) in [4.78, 5) is 0. The fourth-order valence-electron chi connectivity index (χ4n) is 1.73. The Hall–Kier alpha value is 0.0649. The van der Waals surface area contributed by atoms with Crippen LogP contribution in [0.4, 0.5) is 0 Å². The van der Waals surface area contributed by atoms with Crippen LogP contribution in [0.15, 0.2) is 0 Å². The first-order chi connectivity index (χ1) is 5.40. The molecular weight excluding hydrogens is 143 g/mol. The molecule has 0 saturated heterocycles. The van der Waals surface area contributed by atoms with Gasteiger partial charge in [0.1, 0.15) is 7.85 Å². The van der Waals surface area contributed by atoms with Gasteiger partial charge in [-0.15, -0.1) is 0 Å². The fraction of sp³-hybridized carbons (Fsp3) is 1.00. The van der Waals surface area contributed by atoms with E-state index in [1.165, 1.54) is 19.3 Å². The Morgan fingerprint density at radius 2 is 1.75 bits per heavy atom. The zero-order valence-electron chi connectivity index (χ0n) is 9.78. The maximum atomic E-state index is 2.39. The molecule has 0 bridgehead atoms. The molecule has 0 nitrogen and oxygen atoms in total. The minimum absolute atomic E-state index is 0.522. The summed E-state index contributed by atoms with van der Waals surface area (Å²) in [5.74, 6) is 1.70. The van der Waals surface area contributed by atoms with Gasteiger partial charge in [0.25, 0.3) is 0 Å². The second-order valence-electron chi connectivity index (χ2n) is 5.24. The normalized spacial score (nSPS) is 19.2. The van der Waals surface area contributed by atoms with Crippen molar-refractivity contribution in [3.63, 3.8) is 0 Å². The van der Waals surface area contributed by atoms with Crippen LogP contribution >= 0.6 is 0 Å². The highest BCUT2D eigenvalue weighted by molar-refractivity contribution is 6.15. The van der Waals surface area contributed by atoms with E-state index in [9.17, 15) is 0 Å². The Labute approximate surface area is 79.5 Å². The van der Waals surface area contributed by atoms with Gasteiger partial charge in [-0.1, -0.05) is 59.2 Å². The van der Waals surface area contributed by atoms with E-state index in [0.29, 0.717) is 5.31 Å². The number of rotatable bonds is 5. The molecule has 1 heteroatoms. The molecule has 2 unspecified atom stereocenters. The smallest absolute Gasteiger partial charge is 0.0667 e. The maximum absolute atomic E-state index is 2.39. The van der Waals surface area contributed by atoms with Crippen LogP contribution in [0, 0.1) is 11.8 Å². The van der Waals surface area contributed by atoms with Crippen LogP contribution in [0.5, 0.6) is 0 Å². The minimum atomic E-state index is 0.522. The summed E-state index contributed by atoms with van der Waals surface area (Å²) in [5.41, 5.74) is 0. The average Bonchev–Trinajstić information content (AvgIpc) is 1.85. The quantitative estimate of drug-likeness (QED) is 0.552. The second-order valence-corrected chi connectivity index (χ2v) is 5.24. The largest absolute Gasteiger partial charge is 0.109 e. The molecule has 0 fully saturated rings. The lowest BCUT2D eigenvalue weighted by atomic mass is 9.59. The second kappa shape index (κ2) is 4.94. The van der Waals surface area contributed by atoms with Gasteiger partial charge < -0.3 is 0 Å². The van der Waals surface area contributed by atoms with Gasteiger partial charge in [0, 0.05) is 0 Å². The van der Waals surface area contributed by atoms with Crippen molar-refractivity contribution in [2.45, 2.75) is 59.2 Å². The summed E-state index contributed by atoms with van der Waals surface area (Å²) in [6, 6.07) is 0. The summed E-state index contributed by atoms with van der Waals surface area (Å²) < 4.78 is 0. The molecule has 0 aliphatic carbocycles. The highest BCUT2D eigenvalue weighted by Gasteiger charge is 2.24. The first kappa shape index (κ1) is 12.1. The van der Waals surface area contributed by atoms with Crippen LogP contribution in [-0.4, -0.2) is 7.85 Å². The SMILES string of the molecule is BC(C)(CC(C)CCC)C(C)C. The van der Waals surface area contributed by atoms with Crippen LogP contribution in [0.2, 0.25) is 5.31 Å². The van der Waals surface area contributed by atoms with E-state index in [1.807, 2.05) is 0 Å². The molecule has 0 rings (SSSR count). The molecule has 0 aromatic heterocycles. The zero-order chi connectivity index (χ0) is 9.78. The lowest BCUT2D eigenvalue weighted by Crippen LogP contribution is -2.19. The summed E-state index contributed by atoms with van der Waals surface area (Å²) in [5, 5.41) is 0.522. The summed E-state index contributed by atoms with van der Waals surface area (Å²) in [6.45, 7) is 11.7. The third-order valence-corrected chi connectivity index (χ3v) is 3.22. The highest BCUT2D eigenvalue weighted by atomic mass is 14.2. The van der Waals surface area contributed by atoms with Crippen LogP contribution < -0.4 is 0 Å². The molecule has 0 saturated carbocycles. The van der Waals surface area contributed by atoms with Gasteiger partial charge in [-0.3, -0.25) is 0 Å². The first-order valence-corrected chi connectivity index (χ1v) is 5.40. The Morgan fingerprint density at radius 3 is 2.08 bits per heavy atom. The molecule has 2 atom stereocenters. The molecule has 12 heavy (non-hydrogen) atoms. The monoisotopic (exact) mass is 168 g/mol. The van der Waals surface area contributed by atoms with Crippen LogP contribution in [0.1, 0.15) is 53.9 Å². The van der Waals surface area contributed by atoms with E-state index >= 15 is 0 Å². The molecule has 0 aromatic rings. The third-order valence-electron chi connectivity index (χ3n) is 3.22. The van der Waals surface area contributed by atoms with Gasteiger partial charge in [0.05, 0.1) is 0 Å². The summed E-state index contributed by atoms with van der Waals surface area (Å²) in [6.07, 6.45) is 4.09. The number of hydrogen-bond acceptors (Lipinski definition) is 0. The maximum Gasteiger partial charge on any atom is 0.109 e. The predicted octanol–water partition coefficient (Wildman–Crippen LogP) is 3.28. The van der Waals surface area contributed by atoms with Crippen molar-refractivity contribution in [1.29, 1.82) is 0 Å². The van der Waals surface area contributed by atoms with Crippen molar-refractivity contribution in [2.24, 2.45) is 11.8 Å². The van der Waals surface area contributed by atoms with E-state index in [4.69, 9.17) is 0 Å². The predicted molar refractivity (Wildman–Crippen MR) is 60.4 cm³/mol. The molecule has 0 aliphatic rings. The minimum Gasteiger partial charge on any atom is -0.0667 e. The van der Waals surface area contributed by atoms with Crippen molar-refractivity contribution in [2.75, 3.05) is 0 Å². The van der Waals surface area contributed by atoms with E-state index < -0.39 is 0 Å². The topological polar surface area (TPSA) is 0 Å². The van der Waals surface area contributed by atoms with Crippen LogP contribution in [0.3, 0.4) is 0 Å². The Balaban J connectivity index is 3.88. The first-order valence-electron chi connectivity index (χ1n) is 5.40. The van der Waals surface area contributed by atoms with E-state index in [0.717, 1.165) is 11.8 Å². The van der Waals surface area contributed by atoms with Crippen molar-refractivity contribution >= 4 is 7.85 Å². The van der Waals surface area contributed by atoms with Crippen molar-refractivity contribution in [1.82, 2.24) is 0 Å². The molecule has 72 valence electrons. The Bertz CT molecular complexity index is 116. The molecule has 0 spiro atoms. The summed E-state index contributed by atoms with van der Waals surface area (Å²) in [7, 11) is 2.39. The van der Waals surface area contributed by atoms with Gasteiger partial charge in [-0.05, 0) is 11.8 Å². The van der Waals surface area contributed by atoms with Crippen LogP contribution in [0.25, 0.3) is 0 Å². The molecule has 0 amide bonds. The van der Waals surface area contributed by atoms with Gasteiger partial charge in [0.2, 0.25) is 0 Å². The van der Waals surface area contributed by atoms with Gasteiger partial charge in [0.15, 0.2) is 0 Å². The van der Waals surface area contributed by atoms with Crippen molar-refractivity contribution < 1.29 is 0 Å². The third kappa shape index (κ3) is 4.18.